The Labute approximate surface area is 128 Å². The minimum Gasteiger partial charge on any atom is -0.313 e. The second kappa shape index (κ2) is 6.51. The fourth-order valence-corrected chi connectivity index (χ4v) is 3.02. The average molecular weight is 336 g/mol. The van der Waals surface area contributed by atoms with Crippen molar-refractivity contribution in [1.29, 1.82) is 0 Å². The van der Waals surface area contributed by atoms with Crippen LogP contribution in [0.2, 0.25) is 0 Å². The molecule has 1 unspecified atom stereocenters. The Balaban J connectivity index is 2.33. The van der Waals surface area contributed by atoms with E-state index in [0.29, 0.717) is 0 Å². The number of rotatable bonds is 4. The third-order valence-electron chi connectivity index (χ3n) is 3.69. The van der Waals surface area contributed by atoms with Crippen molar-refractivity contribution in [2.75, 3.05) is 7.05 Å². The summed E-state index contributed by atoms with van der Waals surface area (Å²) < 4.78 is 14.3. The van der Waals surface area contributed by atoms with Crippen molar-refractivity contribution >= 4 is 15.9 Å². The van der Waals surface area contributed by atoms with Crippen LogP contribution in [-0.2, 0) is 6.42 Å². The molecule has 106 valence electrons. The van der Waals surface area contributed by atoms with Gasteiger partial charge in [-0.05, 0) is 67.8 Å². The predicted molar refractivity (Wildman–Crippen MR) is 85.5 cm³/mol. The maximum Gasteiger partial charge on any atom is 0.124 e. The maximum atomic E-state index is 13.6. The molecule has 0 heterocycles. The molecule has 2 aromatic rings. The molecule has 0 amide bonds. The summed E-state index contributed by atoms with van der Waals surface area (Å²) in [5.41, 5.74) is 4.84. The Morgan fingerprint density at radius 2 is 1.80 bits per heavy atom. The molecule has 3 heteroatoms. The number of halogens is 2. The summed E-state index contributed by atoms with van der Waals surface area (Å²) in [5.74, 6) is -0.212. The van der Waals surface area contributed by atoms with E-state index in [1.807, 2.05) is 13.1 Å². The molecule has 20 heavy (non-hydrogen) atoms. The van der Waals surface area contributed by atoms with Gasteiger partial charge in [0, 0.05) is 10.5 Å². The zero-order valence-corrected chi connectivity index (χ0v) is 13.6. The molecular formula is C17H19BrFN. The zero-order valence-electron chi connectivity index (χ0n) is 12.0. The Morgan fingerprint density at radius 3 is 2.35 bits per heavy atom. The van der Waals surface area contributed by atoms with Gasteiger partial charge in [0.15, 0.2) is 0 Å². The molecule has 0 bridgehead atoms. The zero-order chi connectivity index (χ0) is 14.7. The molecule has 1 N–H and O–H groups in total. The van der Waals surface area contributed by atoms with E-state index in [1.54, 1.807) is 6.07 Å². The molecule has 0 spiro atoms. The number of nitrogens with one attached hydrogen (secondary N) is 1. The molecule has 0 aliphatic rings. The highest BCUT2D eigenvalue weighted by atomic mass is 79.9. The van der Waals surface area contributed by atoms with Crippen LogP contribution in [0.5, 0.6) is 0 Å². The summed E-state index contributed by atoms with van der Waals surface area (Å²) in [6.45, 7) is 4.24. The van der Waals surface area contributed by atoms with E-state index in [4.69, 9.17) is 0 Å². The van der Waals surface area contributed by atoms with Gasteiger partial charge in [0.05, 0.1) is 0 Å². The Hall–Kier alpha value is -1.19. The fourth-order valence-electron chi connectivity index (χ4n) is 2.54. The highest BCUT2D eigenvalue weighted by Crippen LogP contribution is 2.25. The molecule has 0 aliphatic carbocycles. The SMILES string of the molecule is CNC(Cc1c(C)cccc1C)c1cc(F)cc(Br)c1. The first-order valence-electron chi connectivity index (χ1n) is 6.69. The minimum atomic E-state index is -0.212. The second-order valence-corrected chi connectivity index (χ2v) is 6.03. The molecule has 0 aliphatic heterocycles. The highest BCUT2D eigenvalue weighted by Gasteiger charge is 2.14. The lowest BCUT2D eigenvalue weighted by Gasteiger charge is -2.20. The average Bonchev–Trinajstić information content (AvgIpc) is 2.37. The lowest BCUT2D eigenvalue weighted by Crippen LogP contribution is -2.20. The molecular weight excluding hydrogens is 317 g/mol. The van der Waals surface area contributed by atoms with Crippen LogP contribution < -0.4 is 5.32 Å². The normalized spacial score (nSPS) is 12.4. The standard InChI is InChI=1S/C17H19BrFN/c1-11-5-4-6-12(2)16(11)10-17(20-3)13-7-14(18)9-15(19)8-13/h4-9,17,20H,10H2,1-3H3. The van der Waals surface area contributed by atoms with E-state index >= 15 is 0 Å². The summed E-state index contributed by atoms with van der Waals surface area (Å²) in [7, 11) is 1.91. The van der Waals surface area contributed by atoms with E-state index in [9.17, 15) is 4.39 Å². The van der Waals surface area contributed by atoms with Crippen molar-refractivity contribution in [2.24, 2.45) is 0 Å². The summed E-state index contributed by atoms with van der Waals surface area (Å²) in [5, 5.41) is 3.29. The van der Waals surface area contributed by atoms with Gasteiger partial charge in [0.1, 0.15) is 5.82 Å². The van der Waals surface area contributed by atoms with Crippen LogP contribution in [0.1, 0.15) is 28.3 Å². The van der Waals surface area contributed by atoms with Gasteiger partial charge in [0.25, 0.3) is 0 Å². The number of hydrogen-bond acceptors (Lipinski definition) is 1. The summed E-state index contributed by atoms with van der Waals surface area (Å²) in [6, 6.07) is 11.5. The van der Waals surface area contributed by atoms with Gasteiger partial charge in [0.2, 0.25) is 0 Å². The molecule has 1 nitrogen and oxygen atoms in total. The van der Waals surface area contributed by atoms with Gasteiger partial charge in [-0.1, -0.05) is 34.1 Å². The molecule has 0 fully saturated rings. The molecule has 2 aromatic carbocycles. The predicted octanol–water partition coefficient (Wildman–Crippen LogP) is 4.71. The fraction of sp³-hybridized carbons (Fsp3) is 0.294. The molecule has 0 saturated heterocycles. The first-order chi connectivity index (χ1) is 9.51. The monoisotopic (exact) mass is 335 g/mol. The van der Waals surface area contributed by atoms with Gasteiger partial charge in [-0.25, -0.2) is 4.39 Å². The van der Waals surface area contributed by atoms with Crippen LogP contribution >= 0.6 is 15.9 Å². The second-order valence-electron chi connectivity index (χ2n) is 5.12. The number of hydrogen-bond donors (Lipinski definition) is 1. The van der Waals surface area contributed by atoms with Gasteiger partial charge in [-0.15, -0.1) is 0 Å². The molecule has 2 rings (SSSR count). The van der Waals surface area contributed by atoms with E-state index in [0.717, 1.165) is 16.5 Å². The molecule has 0 radical (unpaired) electrons. The van der Waals surface area contributed by atoms with Crippen molar-refractivity contribution in [3.8, 4) is 0 Å². The van der Waals surface area contributed by atoms with Crippen molar-refractivity contribution < 1.29 is 4.39 Å². The van der Waals surface area contributed by atoms with Crippen molar-refractivity contribution in [3.63, 3.8) is 0 Å². The summed E-state index contributed by atoms with van der Waals surface area (Å²) in [4.78, 5) is 0. The number of likely N-dealkylation sites (N-methyl/N-ethyl adjacent to an activating group) is 1. The van der Waals surface area contributed by atoms with E-state index in [1.165, 1.54) is 22.8 Å². The van der Waals surface area contributed by atoms with E-state index < -0.39 is 0 Å². The van der Waals surface area contributed by atoms with E-state index in [-0.39, 0.29) is 11.9 Å². The van der Waals surface area contributed by atoms with Crippen LogP contribution in [0.25, 0.3) is 0 Å². The Morgan fingerprint density at radius 1 is 1.15 bits per heavy atom. The first kappa shape index (κ1) is 15.2. The topological polar surface area (TPSA) is 12.0 Å². The van der Waals surface area contributed by atoms with Crippen LogP contribution in [0.4, 0.5) is 4.39 Å². The smallest absolute Gasteiger partial charge is 0.124 e. The van der Waals surface area contributed by atoms with Crippen LogP contribution in [0.15, 0.2) is 40.9 Å². The van der Waals surface area contributed by atoms with Crippen molar-refractivity contribution in [1.82, 2.24) is 5.32 Å². The van der Waals surface area contributed by atoms with Crippen LogP contribution in [0.3, 0.4) is 0 Å². The van der Waals surface area contributed by atoms with Crippen molar-refractivity contribution in [2.45, 2.75) is 26.3 Å². The van der Waals surface area contributed by atoms with Crippen molar-refractivity contribution in [3.05, 3.63) is 68.9 Å². The molecule has 1 atom stereocenters. The first-order valence-corrected chi connectivity index (χ1v) is 7.49. The largest absolute Gasteiger partial charge is 0.313 e. The third-order valence-corrected chi connectivity index (χ3v) is 4.15. The quantitative estimate of drug-likeness (QED) is 0.853. The summed E-state index contributed by atoms with van der Waals surface area (Å²) in [6.07, 6.45) is 0.852. The molecule has 0 aromatic heterocycles. The lowest BCUT2D eigenvalue weighted by atomic mass is 9.93. The van der Waals surface area contributed by atoms with Gasteiger partial charge in [-0.3, -0.25) is 0 Å². The van der Waals surface area contributed by atoms with Crippen LogP contribution in [-0.4, -0.2) is 7.05 Å². The molecule has 0 saturated carbocycles. The Bertz CT molecular complexity index is 569. The maximum absolute atomic E-state index is 13.6. The van der Waals surface area contributed by atoms with E-state index in [2.05, 4.69) is 53.3 Å². The highest BCUT2D eigenvalue weighted by molar-refractivity contribution is 9.10. The van der Waals surface area contributed by atoms with Gasteiger partial charge >= 0.3 is 0 Å². The number of aryl methyl sites for hydroxylation is 2. The lowest BCUT2D eigenvalue weighted by molar-refractivity contribution is 0.574. The van der Waals surface area contributed by atoms with Gasteiger partial charge in [-0.2, -0.15) is 0 Å². The van der Waals surface area contributed by atoms with Gasteiger partial charge < -0.3 is 5.32 Å². The third kappa shape index (κ3) is 3.47. The number of benzene rings is 2. The van der Waals surface area contributed by atoms with Crippen LogP contribution in [0, 0.1) is 19.7 Å². The summed E-state index contributed by atoms with van der Waals surface area (Å²) >= 11 is 3.36. The minimum absolute atomic E-state index is 0.0989. The Kier molecular flexibility index (Phi) is 4.95.